The maximum atomic E-state index is 13.3. The van der Waals surface area contributed by atoms with Crippen LogP contribution >= 0.6 is 11.3 Å². The standard InChI is InChI=1S/C19H19F2N3S/c20-15-6-5-14(11-16(15)21)12-23-7-9-24(10-8-23)13-19-22-17-3-1-2-4-18(17)25-19/h1-6,11H,7-10,12-13H2. The average molecular weight is 359 g/mol. The second-order valence-corrected chi connectivity index (χ2v) is 7.49. The van der Waals surface area contributed by atoms with E-state index in [9.17, 15) is 8.78 Å². The highest BCUT2D eigenvalue weighted by Crippen LogP contribution is 2.23. The summed E-state index contributed by atoms with van der Waals surface area (Å²) in [6.07, 6.45) is 0. The molecule has 0 atom stereocenters. The Labute approximate surface area is 149 Å². The number of fused-ring (bicyclic) bond motifs is 1. The van der Waals surface area contributed by atoms with E-state index in [2.05, 4.69) is 21.9 Å². The number of nitrogens with zero attached hydrogens (tertiary/aromatic N) is 3. The van der Waals surface area contributed by atoms with Crippen molar-refractivity contribution in [3.05, 3.63) is 64.7 Å². The van der Waals surface area contributed by atoms with Gasteiger partial charge in [-0.15, -0.1) is 11.3 Å². The summed E-state index contributed by atoms with van der Waals surface area (Å²) in [6, 6.07) is 12.4. The van der Waals surface area contributed by atoms with Gasteiger partial charge in [0.1, 0.15) is 5.01 Å². The van der Waals surface area contributed by atoms with Gasteiger partial charge in [-0.1, -0.05) is 18.2 Å². The van der Waals surface area contributed by atoms with Crippen molar-refractivity contribution in [1.82, 2.24) is 14.8 Å². The van der Waals surface area contributed by atoms with Crippen LogP contribution in [0.5, 0.6) is 0 Å². The predicted octanol–water partition coefficient (Wildman–Crippen LogP) is 3.89. The Balaban J connectivity index is 1.32. The van der Waals surface area contributed by atoms with Gasteiger partial charge in [-0.2, -0.15) is 0 Å². The molecule has 4 rings (SSSR count). The molecule has 0 N–H and O–H groups in total. The Bertz CT molecular complexity index is 839. The maximum absolute atomic E-state index is 13.3. The van der Waals surface area contributed by atoms with Gasteiger partial charge in [0.25, 0.3) is 0 Å². The Morgan fingerprint density at radius 3 is 2.32 bits per heavy atom. The SMILES string of the molecule is Fc1ccc(CN2CCN(Cc3nc4ccccc4s3)CC2)cc1F. The fraction of sp³-hybridized carbons (Fsp3) is 0.316. The van der Waals surface area contributed by atoms with Crippen molar-refractivity contribution >= 4 is 21.6 Å². The molecule has 0 unspecified atom stereocenters. The fourth-order valence-corrected chi connectivity index (χ4v) is 4.19. The van der Waals surface area contributed by atoms with Crippen LogP contribution in [0, 0.1) is 11.6 Å². The summed E-state index contributed by atoms with van der Waals surface area (Å²) in [4.78, 5) is 9.38. The quantitative estimate of drug-likeness (QED) is 0.704. The minimum Gasteiger partial charge on any atom is -0.297 e. The number of halogens is 2. The molecule has 0 radical (unpaired) electrons. The van der Waals surface area contributed by atoms with Crippen LogP contribution in [0.2, 0.25) is 0 Å². The molecule has 130 valence electrons. The average Bonchev–Trinajstić information content (AvgIpc) is 3.02. The highest BCUT2D eigenvalue weighted by Gasteiger charge is 2.18. The monoisotopic (exact) mass is 359 g/mol. The smallest absolute Gasteiger partial charge is 0.159 e. The zero-order valence-electron chi connectivity index (χ0n) is 13.8. The van der Waals surface area contributed by atoms with Gasteiger partial charge in [0.15, 0.2) is 11.6 Å². The second kappa shape index (κ2) is 7.15. The molecule has 0 amide bonds. The second-order valence-electron chi connectivity index (χ2n) is 6.38. The van der Waals surface area contributed by atoms with Gasteiger partial charge in [-0.25, -0.2) is 13.8 Å². The molecular weight excluding hydrogens is 340 g/mol. The summed E-state index contributed by atoms with van der Waals surface area (Å²) in [6.45, 7) is 5.29. The topological polar surface area (TPSA) is 19.4 Å². The highest BCUT2D eigenvalue weighted by atomic mass is 32.1. The van der Waals surface area contributed by atoms with Gasteiger partial charge < -0.3 is 0 Å². The lowest BCUT2D eigenvalue weighted by Gasteiger charge is -2.34. The van der Waals surface area contributed by atoms with E-state index in [0.29, 0.717) is 6.54 Å². The molecule has 1 fully saturated rings. The van der Waals surface area contributed by atoms with Gasteiger partial charge >= 0.3 is 0 Å². The summed E-state index contributed by atoms with van der Waals surface area (Å²) in [7, 11) is 0. The first-order valence-electron chi connectivity index (χ1n) is 8.40. The molecular formula is C19H19F2N3S. The molecule has 6 heteroatoms. The summed E-state index contributed by atoms with van der Waals surface area (Å²) in [5.74, 6) is -1.56. The van der Waals surface area contributed by atoms with Gasteiger partial charge in [-0.3, -0.25) is 9.80 Å². The first-order valence-corrected chi connectivity index (χ1v) is 9.22. The number of thiazole rings is 1. The molecule has 3 nitrogen and oxygen atoms in total. The van der Waals surface area contributed by atoms with Crippen LogP contribution in [-0.2, 0) is 13.1 Å². The number of piperazine rings is 1. The molecule has 1 saturated heterocycles. The van der Waals surface area contributed by atoms with Crippen molar-refractivity contribution in [2.24, 2.45) is 0 Å². The maximum Gasteiger partial charge on any atom is 0.159 e. The van der Waals surface area contributed by atoms with Crippen LogP contribution in [0.25, 0.3) is 10.2 Å². The van der Waals surface area contributed by atoms with Crippen molar-refractivity contribution in [1.29, 1.82) is 0 Å². The molecule has 1 aliphatic rings. The number of aromatic nitrogens is 1. The van der Waals surface area contributed by atoms with Gasteiger partial charge in [0.2, 0.25) is 0 Å². The van der Waals surface area contributed by atoms with E-state index in [4.69, 9.17) is 4.98 Å². The molecule has 3 aromatic rings. The lowest BCUT2D eigenvalue weighted by Crippen LogP contribution is -2.45. The summed E-state index contributed by atoms with van der Waals surface area (Å²) < 4.78 is 27.6. The fourth-order valence-electron chi connectivity index (χ4n) is 3.18. The van der Waals surface area contributed by atoms with Crippen LogP contribution < -0.4 is 0 Å². The highest BCUT2D eigenvalue weighted by molar-refractivity contribution is 7.18. The molecule has 0 saturated carbocycles. The van der Waals surface area contributed by atoms with E-state index >= 15 is 0 Å². The number of benzene rings is 2. The van der Waals surface area contributed by atoms with Crippen LogP contribution in [0.1, 0.15) is 10.6 Å². The van der Waals surface area contributed by atoms with Crippen LogP contribution in [-0.4, -0.2) is 41.0 Å². The van der Waals surface area contributed by atoms with E-state index in [1.54, 1.807) is 17.4 Å². The largest absolute Gasteiger partial charge is 0.297 e. The number of hydrogen-bond donors (Lipinski definition) is 0. The third-order valence-corrected chi connectivity index (χ3v) is 5.57. The van der Waals surface area contributed by atoms with E-state index in [1.165, 1.54) is 16.8 Å². The lowest BCUT2D eigenvalue weighted by molar-refractivity contribution is 0.122. The minimum absolute atomic E-state index is 0.659. The Kier molecular flexibility index (Phi) is 4.74. The first kappa shape index (κ1) is 16.6. The lowest BCUT2D eigenvalue weighted by atomic mass is 10.2. The number of hydrogen-bond acceptors (Lipinski definition) is 4. The first-order chi connectivity index (χ1) is 12.2. The van der Waals surface area contributed by atoms with E-state index in [0.717, 1.165) is 48.8 Å². The molecule has 0 aliphatic carbocycles. The molecule has 0 spiro atoms. The minimum atomic E-state index is -0.788. The van der Waals surface area contributed by atoms with Crippen molar-refractivity contribution < 1.29 is 8.78 Å². The number of para-hydroxylation sites is 1. The zero-order chi connectivity index (χ0) is 17.2. The van der Waals surface area contributed by atoms with Crippen molar-refractivity contribution in [3.63, 3.8) is 0 Å². The van der Waals surface area contributed by atoms with Gasteiger partial charge in [0, 0.05) is 32.7 Å². The molecule has 2 aromatic carbocycles. The van der Waals surface area contributed by atoms with Crippen LogP contribution in [0.4, 0.5) is 8.78 Å². The normalized spacial score (nSPS) is 16.6. The van der Waals surface area contributed by atoms with Gasteiger partial charge in [-0.05, 0) is 29.8 Å². The molecule has 2 heterocycles. The Morgan fingerprint density at radius 2 is 1.60 bits per heavy atom. The van der Waals surface area contributed by atoms with E-state index in [-0.39, 0.29) is 0 Å². The van der Waals surface area contributed by atoms with E-state index in [1.807, 2.05) is 12.1 Å². The summed E-state index contributed by atoms with van der Waals surface area (Å²) in [5.41, 5.74) is 1.89. The third-order valence-electron chi connectivity index (χ3n) is 4.55. The van der Waals surface area contributed by atoms with E-state index < -0.39 is 11.6 Å². The Morgan fingerprint density at radius 1 is 0.880 bits per heavy atom. The van der Waals surface area contributed by atoms with Crippen molar-refractivity contribution in [3.8, 4) is 0 Å². The Hall–Kier alpha value is -1.89. The van der Waals surface area contributed by atoms with Crippen LogP contribution in [0.15, 0.2) is 42.5 Å². The predicted molar refractivity (Wildman–Crippen MR) is 96.5 cm³/mol. The van der Waals surface area contributed by atoms with Crippen molar-refractivity contribution in [2.75, 3.05) is 26.2 Å². The van der Waals surface area contributed by atoms with Crippen LogP contribution in [0.3, 0.4) is 0 Å². The third kappa shape index (κ3) is 3.86. The molecule has 1 aromatic heterocycles. The van der Waals surface area contributed by atoms with Gasteiger partial charge in [0.05, 0.1) is 16.8 Å². The molecule has 0 bridgehead atoms. The molecule has 25 heavy (non-hydrogen) atoms. The molecule has 1 aliphatic heterocycles. The zero-order valence-corrected chi connectivity index (χ0v) is 14.6. The van der Waals surface area contributed by atoms with Crippen molar-refractivity contribution in [2.45, 2.75) is 13.1 Å². The number of rotatable bonds is 4. The summed E-state index contributed by atoms with van der Waals surface area (Å²) >= 11 is 1.75. The summed E-state index contributed by atoms with van der Waals surface area (Å²) in [5, 5.41) is 1.15.